The van der Waals surface area contributed by atoms with E-state index in [4.69, 9.17) is 0 Å². The van der Waals surface area contributed by atoms with Gasteiger partial charge in [-0.15, -0.1) is 0 Å². The molecule has 4 rings (SSSR count). The van der Waals surface area contributed by atoms with Gasteiger partial charge in [0.1, 0.15) is 5.65 Å². The van der Waals surface area contributed by atoms with Gasteiger partial charge in [-0.2, -0.15) is 0 Å². The van der Waals surface area contributed by atoms with E-state index in [9.17, 15) is 19.2 Å². The highest BCUT2D eigenvalue weighted by Gasteiger charge is 2.30. The zero-order chi connectivity index (χ0) is 23.0. The topological polar surface area (TPSA) is 89.6 Å². The van der Waals surface area contributed by atoms with Crippen LogP contribution >= 0.6 is 0 Å². The lowest BCUT2D eigenvalue weighted by Gasteiger charge is -2.40. The summed E-state index contributed by atoms with van der Waals surface area (Å²) in [6, 6.07) is 1.87. The summed E-state index contributed by atoms with van der Waals surface area (Å²) in [4.78, 5) is 56.5. The van der Waals surface area contributed by atoms with Crippen LogP contribution in [0, 0.1) is 0 Å². The molecule has 2 aliphatic rings. The Morgan fingerprint density at radius 2 is 1.56 bits per heavy atom. The summed E-state index contributed by atoms with van der Waals surface area (Å²) in [5.41, 5.74) is -1.07. The number of carbonyl (C=O) groups excluding carboxylic acids is 1. The van der Waals surface area contributed by atoms with Crippen LogP contribution in [0.15, 0.2) is 20.4 Å². The van der Waals surface area contributed by atoms with E-state index in [-0.39, 0.29) is 34.6 Å². The first kappa shape index (κ1) is 22.5. The Balaban J connectivity index is 1.74. The van der Waals surface area contributed by atoms with Crippen molar-refractivity contribution in [3.05, 3.63) is 42.8 Å². The number of pyridine rings is 1. The Kier molecular flexibility index (Phi) is 6.37. The minimum absolute atomic E-state index is 0.101. The lowest BCUT2D eigenvalue weighted by molar-refractivity contribution is 0.0524. The zero-order valence-corrected chi connectivity index (χ0v) is 19.3. The average Bonchev–Trinajstić information content (AvgIpc) is 2.82. The zero-order valence-electron chi connectivity index (χ0n) is 19.3. The minimum atomic E-state index is -0.517. The fourth-order valence-electron chi connectivity index (χ4n) is 5.35. The van der Waals surface area contributed by atoms with E-state index in [2.05, 4.69) is 4.90 Å². The Morgan fingerprint density at radius 3 is 2.16 bits per heavy atom. The summed E-state index contributed by atoms with van der Waals surface area (Å²) < 4.78 is 3.81. The molecule has 0 bridgehead atoms. The van der Waals surface area contributed by atoms with Crippen LogP contribution < -0.4 is 16.8 Å². The predicted molar refractivity (Wildman–Crippen MR) is 123 cm³/mol. The van der Waals surface area contributed by atoms with E-state index >= 15 is 0 Å². The number of amides is 1. The molecule has 1 aliphatic heterocycles. The van der Waals surface area contributed by atoms with E-state index in [0.29, 0.717) is 25.7 Å². The first-order valence-corrected chi connectivity index (χ1v) is 11.8. The molecule has 9 heteroatoms. The van der Waals surface area contributed by atoms with Crippen LogP contribution in [-0.4, -0.2) is 61.6 Å². The fourth-order valence-corrected chi connectivity index (χ4v) is 5.35. The van der Waals surface area contributed by atoms with Gasteiger partial charge in [-0.1, -0.05) is 19.3 Å². The number of hydrogen-bond acceptors (Lipinski definition) is 5. The molecule has 0 aromatic carbocycles. The molecule has 2 aromatic rings. The Morgan fingerprint density at radius 1 is 0.938 bits per heavy atom. The first-order chi connectivity index (χ1) is 15.4. The smallest absolute Gasteiger partial charge is 0.332 e. The summed E-state index contributed by atoms with van der Waals surface area (Å²) in [6.45, 7) is 6.74. The highest BCUT2D eigenvalue weighted by atomic mass is 16.2. The third kappa shape index (κ3) is 3.72. The average molecular weight is 444 g/mol. The van der Waals surface area contributed by atoms with Gasteiger partial charge in [0.15, 0.2) is 0 Å². The van der Waals surface area contributed by atoms with Crippen LogP contribution in [0.2, 0.25) is 0 Å². The number of nitrogens with zero attached hydrogens (tertiary/aromatic N) is 5. The standard InChI is InChI=1S/C23H33N5O4/c1-4-27-18(29)15-17(19-20(27)24(3)23(32)28(5-2)22(19)31)21(30)26-13-11-25(12-14-26)16-9-7-6-8-10-16/h15-16H,4-14H2,1-3H3. The number of hydrogen-bond donors (Lipinski definition) is 0. The molecule has 0 radical (unpaired) electrons. The molecule has 1 saturated carbocycles. The number of aromatic nitrogens is 3. The molecule has 1 amide bonds. The van der Waals surface area contributed by atoms with Crippen LogP contribution in [0.25, 0.3) is 11.0 Å². The van der Waals surface area contributed by atoms with E-state index in [1.807, 2.05) is 0 Å². The van der Waals surface area contributed by atoms with Gasteiger partial charge in [-0.3, -0.25) is 33.0 Å². The van der Waals surface area contributed by atoms with Crippen LogP contribution in [0.3, 0.4) is 0 Å². The Bertz CT molecular complexity index is 1190. The quantitative estimate of drug-likeness (QED) is 0.703. The summed E-state index contributed by atoms with van der Waals surface area (Å²) in [5.74, 6) is -0.308. The number of rotatable bonds is 4. The molecule has 3 heterocycles. The van der Waals surface area contributed by atoms with Crippen molar-refractivity contribution in [1.29, 1.82) is 0 Å². The van der Waals surface area contributed by atoms with Crippen molar-refractivity contribution in [2.45, 2.75) is 65.1 Å². The molecule has 32 heavy (non-hydrogen) atoms. The molecule has 2 fully saturated rings. The van der Waals surface area contributed by atoms with Crippen LogP contribution in [-0.2, 0) is 20.1 Å². The highest BCUT2D eigenvalue weighted by molar-refractivity contribution is 6.05. The molecule has 0 atom stereocenters. The van der Waals surface area contributed by atoms with Crippen LogP contribution in [0.4, 0.5) is 0 Å². The lowest BCUT2D eigenvalue weighted by atomic mass is 9.94. The van der Waals surface area contributed by atoms with Crippen molar-refractivity contribution in [1.82, 2.24) is 23.5 Å². The van der Waals surface area contributed by atoms with Crippen molar-refractivity contribution in [2.75, 3.05) is 26.2 Å². The van der Waals surface area contributed by atoms with Crippen molar-refractivity contribution in [3.63, 3.8) is 0 Å². The van der Waals surface area contributed by atoms with Gasteiger partial charge in [0, 0.05) is 58.4 Å². The molecule has 0 unspecified atom stereocenters. The maximum atomic E-state index is 13.5. The van der Waals surface area contributed by atoms with Crippen molar-refractivity contribution >= 4 is 16.9 Å². The van der Waals surface area contributed by atoms with Gasteiger partial charge < -0.3 is 4.90 Å². The van der Waals surface area contributed by atoms with Gasteiger partial charge >= 0.3 is 5.69 Å². The summed E-state index contributed by atoms with van der Waals surface area (Å²) in [5, 5.41) is 0.148. The molecular formula is C23H33N5O4. The van der Waals surface area contributed by atoms with E-state index < -0.39 is 11.2 Å². The van der Waals surface area contributed by atoms with Crippen molar-refractivity contribution < 1.29 is 4.79 Å². The van der Waals surface area contributed by atoms with Gasteiger partial charge in [0.2, 0.25) is 0 Å². The second-order valence-electron chi connectivity index (χ2n) is 8.85. The SMILES string of the molecule is CCn1c(=O)c2c(C(=O)N3CCN(C4CCCCC4)CC3)cc(=O)n(CC)c2n(C)c1=O. The number of fused-ring (bicyclic) bond motifs is 1. The Hall–Kier alpha value is -2.68. The summed E-state index contributed by atoms with van der Waals surface area (Å²) in [7, 11) is 1.54. The van der Waals surface area contributed by atoms with Crippen LogP contribution in [0.5, 0.6) is 0 Å². The number of carbonyl (C=O) groups is 1. The van der Waals surface area contributed by atoms with Gasteiger partial charge in [0.05, 0.1) is 10.9 Å². The maximum absolute atomic E-state index is 13.5. The van der Waals surface area contributed by atoms with E-state index in [1.165, 1.54) is 47.3 Å². The lowest BCUT2D eigenvalue weighted by Crippen LogP contribution is -2.52. The molecular weight excluding hydrogens is 410 g/mol. The first-order valence-electron chi connectivity index (χ1n) is 11.8. The molecule has 174 valence electrons. The second kappa shape index (κ2) is 9.05. The molecule has 1 aliphatic carbocycles. The molecule has 0 N–H and O–H groups in total. The predicted octanol–water partition coefficient (Wildman–Crippen LogP) is 0.992. The summed E-state index contributed by atoms with van der Waals surface area (Å²) in [6.07, 6.45) is 6.29. The minimum Gasteiger partial charge on any atom is -0.336 e. The molecule has 9 nitrogen and oxygen atoms in total. The highest BCUT2D eigenvalue weighted by Crippen LogP contribution is 2.24. The maximum Gasteiger partial charge on any atom is 0.332 e. The Labute approximate surface area is 186 Å². The second-order valence-corrected chi connectivity index (χ2v) is 8.85. The molecule has 0 spiro atoms. The number of aryl methyl sites for hydroxylation is 2. The summed E-state index contributed by atoms with van der Waals surface area (Å²) >= 11 is 0. The van der Waals surface area contributed by atoms with Crippen LogP contribution in [0.1, 0.15) is 56.3 Å². The van der Waals surface area contributed by atoms with Gasteiger partial charge in [-0.05, 0) is 26.7 Å². The third-order valence-corrected chi connectivity index (χ3v) is 7.13. The molecule has 2 aromatic heterocycles. The largest absolute Gasteiger partial charge is 0.336 e. The monoisotopic (exact) mass is 443 g/mol. The van der Waals surface area contributed by atoms with Gasteiger partial charge in [-0.25, -0.2) is 4.79 Å². The van der Waals surface area contributed by atoms with Crippen molar-refractivity contribution in [3.8, 4) is 0 Å². The van der Waals surface area contributed by atoms with E-state index in [0.717, 1.165) is 17.7 Å². The van der Waals surface area contributed by atoms with Crippen molar-refractivity contribution in [2.24, 2.45) is 7.05 Å². The number of piperazine rings is 1. The van der Waals surface area contributed by atoms with E-state index in [1.54, 1.807) is 25.8 Å². The molecule has 1 saturated heterocycles. The normalized spacial score (nSPS) is 18.4. The fraction of sp³-hybridized carbons (Fsp3) is 0.652. The third-order valence-electron chi connectivity index (χ3n) is 7.13. The van der Waals surface area contributed by atoms with Gasteiger partial charge in [0.25, 0.3) is 17.0 Å².